The molecule has 6 heteroatoms. The van der Waals surface area contributed by atoms with Gasteiger partial charge in [-0.1, -0.05) is 48.0 Å². The van der Waals surface area contributed by atoms with E-state index in [9.17, 15) is 9.59 Å². The number of pyridine rings is 1. The molecule has 2 aromatic carbocycles. The van der Waals surface area contributed by atoms with Gasteiger partial charge in [-0.2, -0.15) is 5.10 Å². The lowest BCUT2D eigenvalue weighted by Gasteiger charge is -2.07. The summed E-state index contributed by atoms with van der Waals surface area (Å²) in [4.78, 5) is 24.6. The number of rotatable bonds is 3. The van der Waals surface area contributed by atoms with Crippen LogP contribution in [0.4, 0.5) is 0 Å². The lowest BCUT2D eigenvalue weighted by Crippen LogP contribution is -2.19. The average molecular weight is 341 g/mol. The minimum absolute atomic E-state index is 0.268. The third kappa shape index (κ3) is 2.94. The van der Waals surface area contributed by atoms with E-state index in [1.165, 1.54) is 19.5 Å². The van der Waals surface area contributed by atoms with Gasteiger partial charge in [-0.25, -0.2) is 9.47 Å². The highest BCUT2D eigenvalue weighted by Crippen LogP contribution is 2.17. The molecule has 24 heavy (non-hydrogen) atoms. The lowest BCUT2D eigenvalue weighted by atomic mass is 10.1. The Morgan fingerprint density at radius 1 is 1.12 bits per heavy atom. The van der Waals surface area contributed by atoms with Crippen LogP contribution in [0.25, 0.3) is 10.8 Å². The van der Waals surface area contributed by atoms with Crippen LogP contribution in [-0.4, -0.2) is 24.0 Å². The van der Waals surface area contributed by atoms with E-state index < -0.39 is 5.97 Å². The van der Waals surface area contributed by atoms with Crippen molar-refractivity contribution in [1.29, 1.82) is 0 Å². The summed E-state index contributed by atoms with van der Waals surface area (Å²) in [5.74, 6) is -0.534. The molecule has 0 fully saturated rings. The number of aromatic nitrogens is 1. The van der Waals surface area contributed by atoms with Gasteiger partial charge in [-0.15, -0.1) is 0 Å². The molecule has 120 valence electrons. The zero-order chi connectivity index (χ0) is 17.1. The Balaban J connectivity index is 2.18. The molecular weight excluding hydrogens is 328 g/mol. The van der Waals surface area contributed by atoms with Crippen molar-refractivity contribution in [2.75, 3.05) is 7.11 Å². The van der Waals surface area contributed by atoms with Crippen molar-refractivity contribution in [3.8, 4) is 0 Å². The molecule has 0 N–H and O–H groups in total. The Morgan fingerprint density at radius 3 is 2.50 bits per heavy atom. The molecule has 0 saturated heterocycles. The number of esters is 1. The molecule has 0 spiro atoms. The summed E-state index contributed by atoms with van der Waals surface area (Å²) in [6.45, 7) is 0. The van der Waals surface area contributed by atoms with Crippen molar-refractivity contribution in [3.63, 3.8) is 0 Å². The van der Waals surface area contributed by atoms with Crippen molar-refractivity contribution in [3.05, 3.63) is 81.2 Å². The number of benzene rings is 2. The number of fused-ring (bicyclic) bond motifs is 1. The number of halogens is 1. The van der Waals surface area contributed by atoms with E-state index in [2.05, 4.69) is 5.10 Å². The first-order valence-electron chi connectivity index (χ1n) is 7.13. The first-order chi connectivity index (χ1) is 11.6. The highest BCUT2D eigenvalue weighted by atomic mass is 35.5. The van der Waals surface area contributed by atoms with Crippen LogP contribution in [-0.2, 0) is 4.74 Å². The van der Waals surface area contributed by atoms with Gasteiger partial charge < -0.3 is 4.74 Å². The number of carbonyl (C=O) groups is 1. The van der Waals surface area contributed by atoms with Gasteiger partial charge in [-0.05, 0) is 12.1 Å². The molecule has 3 aromatic rings. The molecule has 1 heterocycles. The molecule has 0 radical (unpaired) electrons. The zero-order valence-corrected chi connectivity index (χ0v) is 13.5. The summed E-state index contributed by atoms with van der Waals surface area (Å²) in [6.07, 6.45) is 2.84. The molecule has 0 amide bonds. The standard InChI is InChI=1S/C18H13ClN2O3/c1-24-18(23)15-11-21(17(22)14-8-4-3-7-13(14)15)20-10-12-6-2-5-9-16(12)19/h2-11H,1H3/b20-10+. The molecule has 0 atom stereocenters. The van der Waals surface area contributed by atoms with Crippen molar-refractivity contribution in [1.82, 2.24) is 4.68 Å². The van der Waals surface area contributed by atoms with E-state index in [0.717, 1.165) is 4.68 Å². The van der Waals surface area contributed by atoms with Crippen molar-refractivity contribution >= 4 is 34.6 Å². The van der Waals surface area contributed by atoms with E-state index in [1.807, 2.05) is 6.07 Å². The first-order valence-corrected chi connectivity index (χ1v) is 7.51. The van der Waals surface area contributed by atoms with Crippen LogP contribution in [0.3, 0.4) is 0 Å². The molecular formula is C18H13ClN2O3. The predicted molar refractivity (Wildman–Crippen MR) is 94.0 cm³/mol. The van der Waals surface area contributed by atoms with E-state index in [0.29, 0.717) is 21.4 Å². The molecule has 5 nitrogen and oxygen atoms in total. The van der Waals surface area contributed by atoms with Crippen molar-refractivity contribution in [2.24, 2.45) is 5.10 Å². The van der Waals surface area contributed by atoms with E-state index >= 15 is 0 Å². The Morgan fingerprint density at radius 2 is 1.79 bits per heavy atom. The van der Waals surface area contributed by atoms with Crippen LogP contribution in [0.1, 0.15) is 15.9 Å². The van der Waals surface area contributed by atoms with E-state index in [-0.39, 0.29) is 11.1 Å². The van der Waals surface area contributed by atoms with Crippen LogP contribution in [0.5, 0.6) is 0 Å². The fourth-order valence-electron chi connectivity index (χ4n) is 2.34. The second-order valence-corrected chi connectivity index (χ2v) is 5.40. The van der Waals surface area contributed by atoms with Gasteiger partial charge in [0.1, 0.15) is 0 Å². The van der Waals surface area contributed by atoms with Crippen LogP contribution < -0.4 is 5.56 Å². The quantitative estimate of drug-likeness (QED) is 0.543. The number of hydrogen-bond acceptors (Lipinski definition) is 4. The fraction of sp³-hybridized carbons (Fsp3) is 0.0556. The van der Waals surface area contributed by atoms with Crippen LogP contribution in [0, 0.1) is 0 Å². The van der Waals surface area contributed by atoms with Crippen LogP contribution in [0.2, 0.25) is 5.02 Å². The molecule has 0 aliphatic rings. The number of nitrogens with zero attached hydrogens (tertiary/aromatic N) is 2. The van der Waals surface area contributed by atoms with Crippen molar-refractivity contribution < 1.29 is 9.53 Å². The topological polar surface area (TPSA) is 60.7 Å². The molecule has 0 aliphatic carbocycles. The summed E-state index contributed by atoms with van der Waals surface area (Å²) in [6, 6.07) is 14.0. The van der Waals surface area contributed by atoms with E-state index in [1.54, 1.807) is 42.5 Å². The third-order valence-electron chi connectivity index (χ3n) is 3.54. The lowest BCUT2D eigenvalue weighted by molar-refractivity contribution is 0.0602. The van der Waals surface area contributed by atoms with E-state index in [4.69, 9.17) is 16.3 Å². The SMILES string of the molecule is COC(=O)c1cn(/N=C/c2ccccc2Cl)c(=O)c2ccccc12. The highest BCUT2D eigenvalue weighted by molar-refractivity contribution is 6.33. The monoisotopic (exact) mass is 340 g/mol. The number of hydrogen-bond donors (Lipinski definition) is 0. The summed E-state index contributed by atoms with van der Waals surface area (Å²) in [7, 11) is 1.29. The summed E-state index contributed by atoms with van der Waals surface area (Å²) in [5.41, 5.74) is 0.601. The smallest absolute Gasteiger partial charge is 0.340 e. The Labute approximate surface area is 142 Å². The number of ether oxygens (including phenoxy) is 1. The van der Waals surface area contributed by atoms with Gasteiger partial charge in [-0.3, -0.25) is 4.79 Å². The van der Waals surface area contributed by atoms with Gasteiger partial charge in [0.15, 0.2) is 0 Å². The van der Waals surface area contributed by atoms with Gasteiger partial charge >= 0.3 is 5.97 Å². The maximum atomic E-state index is 12.6. The molecule has 0 aliphatic heterocycles. The highest BCUT2D eigenvalue weighted by Gasteiger charge is 2.14. The maximum Gasteiger partial charge on any atom is 0.340 e. The van der Waals surface area contributed by atoms with Gasteiger partial charge in [0.25, 0.3) is 5.56 Å². The first kappa shape index (κ1) is 16.0. The van der Waals surface area contributed by atoms with Gasteiger partial charge in [0, 0.05) is 27.6 Å². The zero-order valence-electron chi connectivity index (χ0n) is 12.8. The van der Waals surface area contributed by atoms with Crippen LogP contribution >= 0.6 is 11.6 Å². The number of carbonyl (C=O) groups excluding carboxylic acids is 1. The second-order valence-electron chi connectivity index (χ2n) is 5.00. The summed E-state index contributed by atoms with van der Waals surface area (Å²) < 4.78 is 5.90. The van der Waals surface area contributed by atoms with Crippen molar-refractivity contribution in [2.45, 2.75) is 0 Å². The molecule has 0 saturated carbocycles. The maximum absolute atomic E-state index is 12.6. The fourth-order valence-corrected chi connectivity index (χ4v) is 2.53. The Kier molecular flexibility index (Phi) is 4.44. The molecule has 0 unspecified atom stereocenters. The minimum Gasteiger partial charge on any atom is -0.465 e. The largest absolute Gasteiger partial charge is 0.465 e. The molecule has 1 aromatic heterocycles. The summed E-state index contributed by atoms with van der Waals surface area (Å²) in [5, 5.41) is 5.58. The second kappa shape index (κ2) is 6.68. The average Bonchev–Trinajstić information content (AvgIpc) is 2.62. The van der Waals surface area contributed by atoms with Gasteiger partial charge in [0.2, 0.25) is 0 Å². The van der Waals surface area contributed by atoms with Gasteiger partial charge in [0.05, 0.1) is 18.9 Å². The Bertz CT molecular complexity index is 1010. The molecule has 3 rings (SSSR count). The minimum atomic E-state index is -0.534. The third-order valence-corrected chi connectivity index (χ3v) is 3.88. The number of methoxy groups -OCH3 is 1. The summed E-state index contributed by atoms with van der Waals surface area (Å²) >= 11 is 6.08. The molecule has 0 bridgehead atoms. The normalized spacial score (nSPS) is 11.1. The van der Waals surface area contributed by atoms with Crippen LogP contribution in [0.15, 0.2) is 64.6 Å². The predicted octanol–water partition coefficient (Wildman–Crippen LogP) is 3.32. The Hall–Kier alpha value is -2.92.